The van der Waals surface area contributed by atoms with E-state index in [4.69, 9.17) is 14.7 Å². The van der Waals surface area contributed by atoms with Crippen LogP contribution in [0.4, 0.5) is 0 Å². The maximum Gasteiger partial charge on any atom is 0.348 e. The number of nitrogens with zero attached hydrogens (tertiary/aromatic N) is 2. The predicted molar refractivity (Wildman–Crippen MR) is 158 cm³/mol. The lowest BCUT2D eigenvalue weighted by atomic mass is 9.86. The highest BCUT2D eigenvalue weighted by Gasteiger charge is 2.34. The summed E-state index contributed by atoms with van der Waals surface area (Å²) in [5.74, 6) is -0.986. The molecule has 0 fully saturated rings. The highest BCUT2D eigenvalue weighted by molar-refractivity contribution is 6.09. The molecule has 0 amide bonds. The van der Waals surface area contributed by atoms with Crippen molar-refractivity contribution >= 4 is 45.2 Å². The molecule has 7 heteroatoms. The van der Waals surface area contributed by atoms with Crippen LogP contribution in [0.1, 0.15) is 101 Å². The van der Waals surface area contributed by atoms with E-state index < -0.39 is 11.9 Å². The molecule has 0 saturated heterocycles. The van der Waals surface area contributed by atoms with Gasteiger partial charge in [-0.1, -0.05) is 33.4 Å². The van der Waals surface area contributed by atoms with Crippen molar-refractivity contribution in [2.75, 3.05) is 0 Å². The van der Waals surface area contributed by atoms with Crippen LogP contribution in [-0.4, -0.2) is 31.9 Å². The van der Waals surface area contributed by atoms with Gasteiger partial charge in [0.1, 0.15) is 0 Å². The van der Waals surface area contributed by atoms with Crippen LogP contribution in [0.3, 0.4) is 0 Å². The Morgan fingerprint density at radius 3 is 2.45 bits per heavy atom. The Morgan fingerprint density at radius 2 is 1.75 bits per heavy atom. The zero-order valence-corrected chi connectivity index (χ0v) is 23.9. The molecule has 7 nitrogen and oxygen atoms in total. The largest absolute Gasteiger partial charge is 0.389 e. The van der Waals surface area contributed by atoms with Crippen LogP contribution < -0.4 is 0 Å². The number of cyclic esters (lactones) is 2. The second kappa shape index (κ2) is 9.44. The molecule has 0 saturated carbocycles. The number of allylic oxidation sites excluding steroid dienone is 3. The molecule has 6 rings (SSSR count). The number of aromatic nitrogens is 4. The summed E-state index contributed by atoms with van der Waals surface area (Å²) in [4.78, 5) is 43.3. The van der Waals surface area contributed by atoms with Crippen molar-refractivity contribution in [3.8, 4) is 0 Å². The van der Waals surface area contributed by atoms with Gasteiger partial charge in [-0.25, -0.2) is 9.78 Å². The normalized spacial score (nSPS) is 18.6. The van der Waals surface area contributed by atoms with E-state index in [0.717, 1.165) is 80.0 Å². The molecule has 6 heterocycles. The number of carbonyl (C=O) groups excluding carboxylic acids is 2. The number of nitrogens with one attached hydrogen (secondary N) is 2. The molecule has 8 bridgehead atoms. The fourth-order valence-corrected chi connectivity index (χ4v) is 6.58. The first-order valence-corrected chi connectivity index (χ1v) is 14.0. The second-order valence-electron chi connectivity index (χ2n) is 11.0. The van der Waals surface area contributed by atoms with E-state index in [9.17, 15) is 9.59 Å². The standard InChI is InChI=1S/C33H34N4O3/c1-8-19-15(4)23-12-25-17(6)21(10-3)31(36-25)22-11-29(38)40-33(39)30-18(7)26(37-32(22)30)14-28-20(9-2)16(5)24(35-28)13-27(19)34-23/h8,12-14,17,21,35,37H,1,9-11H2,2-7H3/t17-,21-/m0/s1. The molecule has 0 unspecified atom stereocenters. The summed E-state index contributed by atoms with van der Waals surface area (Å²) in [5, 5.41) is 0. The number of hydrogen-bond acceptors (Lipinski definition) is 5. The molecule has 0 aliphatic carbocycles. The predicted octanol–water partition coefficient (Wildman–Crippen LogP) is 7.15. The van der Waals surface area contributed by atoms with Crippen molar-refractivity contribution in [2.45, 2.75) is 72.6 Å². The number of fused-ring (bicyclic) bond motifs is 8. The molecular formula is C33H34N4O3. The Balaban J connectivity index is 1.86. The average molecular weight is 535 g/mol. The van der Waals surface area contributed by atoms with Crippen molar-refractivity contribution in [1.82, 2.24) is 19.9 Å². The molecule has 3 aromatic rings. The molecule has 3 aromatic heterocycles. The van der Waals surface area contributed by atoms with E-state index in [1.54, 1.807) is 0 Å². The first-order valence-electron chi connectivity index (χ1n) is 14.0. The van der Waals surface area contributed by atoms with Crippen molar-refractivity contribution in [2.24, 2.45) is 0 Å². The minimum Gasteiger partial charge on any atom is -0.389 e. The lowest BCUT2D eigenvalue weighted by molar-refractivity contribution is -0.137. The van der Waals surface area contributed by atoms with Crippen LogP contribution in [0.2, 0.25) is 0 Å². The number of esters is 2. The molecule has 2 N–H and O–H groups in total. The van der Waals surface area contributed by atoms with Crippen LogP contribution in [0.15, 0.2) is 30.9 Å². The molecular weight excluding hydrogens is 500 g/mol. The highest BCUT2D eigenvalue weighted by atomic mass is 16.6. The number of carbonyl (C=O) groups is 2. The summed E-state index contributed by atoms with van der Waals surface area (Å²) in [7, 11) is 0. The van der Waals surface area contributed by atoms with Crippen molar-refractivity contribution in [3.05, 3.63) is 81.4 Å². The van der Waals surface area contributed by atoms with Gasteiger partial charge in [0.05, 0.1) is 34.6 Å². The summed E-state index contributed by atoms with van der Waals surface area (Å²) in [5.41, 5.74) is 13.1. The Hall–Kier alpha value is -4.26. The summed E-state index contributed by atoms with van der Waals surface area (Å²) in [6.45, 7) is 16.6. The van der Waals surface area contributed by atoms with Crippen LogP contribution in [0.25, 0.3) is 33.2 Å². The number of aryl methyl sites for hydroxylation is 3. The summed E-state index contributed by atoms with van der Waals surface area (Å²) >= 11 is 0. The van der Waals surface area contributed by atoms with E-state index in [2.05, 4.69) is 69.4 Å². The summed E-state index contributed by atoms with van der Waals surface area (Å²) < 4.78 is 5.26. The smallest absolute Gasteiger partial charge is 0.348 e. The molecule has 204 valence electrons. The SMILES string of the molecule is C=CC1=C(C)c2cc3nc(c4c5[nH]c(cc6[nH]c(cc1n2)c(C)c6CC)c(C)c5C(=O)OC(=O)C4)[C@@H](CC)[C@@H]3C. The minimum absolute atomic E-state index is 0.0210. The maximum atomic E-state index is 13.2. The Kier molecular flexibility index (Phi) is 6.13. The third-order valence-electron chi connectivity index (χ3n) is 8.91. The van der Waals surface area contributed by atoms with Crippen molar-refractivity contribution in [3.63, 3.8) is 0 Å². The maximum absolute atomic E-state index is 13.2. The number of hydrogen-bond donors (Lipinski definition) is 2. The first kappa shape index (κ1) is 26.0. The van der Waals surface area contributed by atoms with E-state index in [1.807, 2.05) is 13.0 Å². The fraction of sp³-hybridized carbons (Fsp3) is 0.333. The van der Waals surface area contributed by atoms with Gasteiger partial charge in [-0.3, -0.25) is 9.78 Å². The summed E-state index contributed by atoms with van der Waals surface area (Å²) in [6, 6.07) is 6.21. The Labute approximate surface area is 233 Å². The van der Waals surface area contributed by atoms with Crippen LogP contribution in [0, 0.1) is 13.8 Å². The Morgan fingerprint density at radius 1 is 1.00 bits per heavy atom. The van der Waals surface area contributed by atoms with Crippen molar-refractivity contribution < 1.29 is 14.3 Å². The third-order valence-corrected chi connectivity index (χ3v) is 8.91. The van der Waals surface area contributed by atoms with E-state index in [1.165, 1.54) is 5.56 Å². The highest BCUT2D eigenvalue weighted by Crippen LogP contribution is 2.43. The average Bonchev–Trinajstić information content (AvgIpc) is 3.57. The van der Waals surface area contributed by atoms with Gasteiger partial charge < -0.3 is 14.7 Å². The molecule has 0 aromatic carbocycles. The quantitative estimate of drug-likeness (QED) is 0.275. The fourth-order valence-electron chi connectivity index (χ4n) is 6.58. The van der Waals surface area contributed by atoms with E-state index >= 15 is 0 Å². The van der Waals surface area contributed by atoms with Gasteiger partial charge in [-0.05, 0) is 74.1 Å². The number of rotatable bonds is 3. The van der Waals surface area contributed by atoms with Gasteiger partial charge in [0.25, 0.3) is 0 Å². The topological polar surface area (TPSA) is 101 Å². The molecule has 3 aliphatic heterocycles. The van der Waals surface area contributed by atoms with Gasteiger partial charge >= 0.3 is 11.9 Å². The van der Waals surface area contributed by atoms with Crippen LogP contribution in [-0.2, 0) is 22.4 Å². The van der Waals surface area contributed by atoms with Crippen molar-refractivity contribution in [1.29, 1.82) is 0 Å². The molecule has 0 spiro atoms. The first-order chi connectivity index (χ1) is 19.2. The lowest BCUT2D eigenvalue weighted by Crippen LogP contribution is -2.12. The second-order valence-corrected chi connectivity index (χ2v) is 11.0. The third kappa shape index (κ3) is 3.79. The van der Waals surface area contributed by atoms with Gasteiger partial charge in [0, 0.05) is 45.2 Å². The number of ether oxygens (including phenoxy) is 1. The molecule has 2 atom stereocenters. The lowest BCUT2D eigenvalue weighted by Gasteiger charge is -2.15. The molecule has 3 aliphatic rings. The Bertz CT molecular complexity index is 1840. The number of H-pyrrole nitrogens is 2. The monoisotopic (exact) mass is 534 g/mol. The van der Waals surface area contributed by atoms with Crippen LogP contribution >= 0.6 is 0 Å². The minimum atomic E-state index is -0.620. The molecule has 40 heavy (non-hydrogen) atoms. The van der Waals surface area contributed by atoms with Gasteiger partial charge in [0.2, 0.25) is 0 Å². The van der Waals surface area contributed by atoms with E-state index in [0.29, 0.717) is 11.1 Å². The van der Waals surface area contributed by atoms with E-state index in [-0.39, 0.29) is 18.3 Å². The zero-order chi connectivity index (χ0) is 28.5. The zero-order valence-electron chi connectivity index (χ0n) is 23.9. The van der Waals surface area contributed by atoms with Gasteiger partial charge in [-0.2, -0.15) is 0 Å². The van der Waals surface area contributed by atoms with Gasteiger partial charge in [-0.15, -0.1) is 0 Å². The number of aromatic amines is 2. The van der Waals surface area contributed by atoms with Crippen LogP contribution in [0.5, 0.6) is 0 Å². The van der Waals surface area contributed by atoms with Gasteiger partial charge in [0.15, 0.2) is 0 Å². The summed E-state index contributed by atoms with van der Waals surface area (Å²) in [6.07, 6.45) is 3.52. The molecule has 0 radical (unpaired) electrons.